The van der Waals surface area contributed by atoms with Gasteiger partial charge in [-0.05, 0) is 29.9 Å². The Hall–Kier alpha value is -1.84. The Morgan fingerprint density at radius 3 is 2.71 bits per heavy atom. The van der Waals surface area contributed by atoms with Crippen molar-refractivity contribution < 1.29 is 4.74 Å². The highest BCUT2D eigenvalue weighted by Gasteiger charge is 2.13. The van der Waals surface area contributed by atoms with Crippen molar-refractivity contribution >= 4 is 22.1 Å². The molecular formula is C18H19NOS. The van der Waals surface area contributed by atoms with Crippen LogP contribution in [0.15, 0.2) is 60.0 Å². The lowest BCUT2D eigenvalue weighted by Crippen LogP contribution is -2.22. The van der Waals surface area contributed by atoms with Crippen molar-refractivity contribution in [3.8, 4) is 5.75 Å². The summed E-state index contributed by atoms with van der Waals surface area (Å²) in [6, 6.07) is 18.8. The molecule has 1 aromatic heterocycles. The van der Waals surface area contributed by atoms with Gasteiger partial charge in [0.05, 0.1) is 6.61 Å². The van der Waals surface area contributed by atoms with Gasteiger partial charge in [0.25, 0.3) is 0 Å². The number of fused-ring (bicyclic) bond motifs is 1. The third-order valence-corrected chi connectivity index (χ3v) is 4.62. The van der Waals surface area contributed by atoms with Crippen LogP contribution in [-0.4, -0.2) is 20.2 Å². The fourth-order valence-electron chi connectivity index (χ4n) is 2.52. The molecule has 0 saturated heterocycles. The second-order valence-electron chi connectivity index (χ2n) is 5.06. The standard InChI is InChI=1S/C18H19NOS/c1-19-12-15(18-10-5-11-21-18)13-20-17-9-4-7-14-6-2-3-8-16(14)17/h2-11,15,19H,12-13H2,1H3. The summed E-state index contributed by atoms with van der Waals surface area (Å²) in [4.78, 5) is 1.37. The van der Waals surface area contributed by atoms with Gasteiger partial charge in [-0.25, -0.2) is 0 Å². The first-order valence-corrected chi connectivity index (χ1v) is 8.05. The van der Waals surface area contributed by atoms with Crippen molar-refractivity contribution in [1.82, 2.24) is 5.32 Å². The predicted octanol–water partition coefficient (Wildman–Crippen LogP) is 4.28. The van der Waals surface area contributed by atoms with E-state index in [0.29, 0.717) is 12.5 Å². The van der Waals surface area contributed by atoms with E-state index in [1.54, 1.807) is 11.3 Å². The second kappa shape index (κ2) is 6.74. The molecule has 2 aromatic carbocycles. The van der Waals surface area contributed by atoms with E-state index in [1.807, 2.05) is 13.1 Å². The number of hydrogen-bond acceptors (Lipinski definition) is 3. The molecule has 0 amide bonds. The monoisotopic (exact) mass is 297 g/mol. The van der Waals surface area contributed by atoms with E-state index >= 15 is 0 Å². The van der Waals surface area contributed by atoms with Crippen LogP contribution in [0.3, 0.4) is 0 Å². The molecular weight excluding hydrogens is 278 g/mol. The van der Waals surface area contributed by atoms with Gasteiger partial charge in [0.2, 0.25) is 0 Å². The van der Waals surface area contributed by atoms with Crippen LogP contribution in [0.1, 0.15) is 10.8 Å². The summed E-state index contributed by atoms with van der Waals surface area (Å²) >= 11 is 1.79. The van der Waals surface area contributed by atoms with E-state index in [1.165, 1.54) is 15.6 Å². The zero-order chi connectivity index (χ0) is 14.5. The van der Waals surface area contributed by atoms with Gasteiger partial charge < -0.3 is 10.1 Å². The Labute approximate surface area is 129 Å². The Bertz CT molecular complexity index is 688. The SMILES string of the molecule is CNCC(COc1cccc2ccccc12)c1cccs1. The molecule has 1 unspecified atom stereocenters. The predicted molar refractivity (Wildman–Crippen MR) is 90.4 cm³/mol. The molecule has 0 spiro atoms. The molecule has 0 aliphatic heterocycles. The number of nitrogens with one attached hydrogen (secondary N) is 1. The first kappa shape index (κ1) is 14.1. The maximum atomic E-state index is 6.12. The number of rotatable bonds is 6. The topological polar surface area (TPSA) is 21.3 Å². The van der Waals surface area contributed by atoms with Crippen LogP contribution < -0.4 is 10.1 Å². The lowest BCUT2D eigenvalue weighted by Gasteiger charge is -2.17. The third-order valence-electron chi connectivity index (χ3n) is 3.59. The van der Waals surface area contributed by atoms with Crippen molar-refractivity contribution in [2.75, 3.05) is 20.2 Å². The highest BCUT2D eigenvalue weighted by Crippen LogP contribution is 2.27. The molecule has 0 saturated carbocycles. The minimum atomic E-state index is 0.383. The second-order valence-corrected chi connectivity index (χ2v) is 6.04. The lowest BCUT2D eigenvalue weighted by atomic mass is 10.1. The highest BCUT2D eigenvalue weighted by atomic mass is 32.1. The van der Waals surface area contributed by atoms with Crippen LogP contribution in [-0.2, 0) is 0 Å². The fraction of sp³-hybridized carbons (Fsp3) is 0.222. The minimum absolute atomic E-state index is 0.383. The summed E-state index contributed by atoms with van der Waals surface area (Å²) in [7, 11) is 1.98. The van der Waals surface area contributed by atoms with Gasteiger partial charge in [0.1, 0.15) is 5.75 Å². The number of benzene rings is 2. The summed E-state index contributed by atoms with van der Waals surface area (Å²) in [6.45, 7) is 1.61. The molecule has 1 N–H and O–H groups in total. The minimum Gasteiger partial charge on any atom is -0.492 e. The molecule has 3 rings (SSSR count). The van der Waals surface area contributed by atoms with Gasteiger partial charge in [-0.15, -0.1) is 11.3 Å². The summed E-state index contributed by atoms with van der Waals surface area (Å²) in [5.41, 5.74) is 0. The molecule has 0 bridgehead atoms. The van der Waals surface area contributed by atoms with Crippen LogP contribution >= 0.6 is 11.3 Å². The molecule has 1 heterocycles. The zero-order valence-corrected chi connectivity index (χ0v) is 12.9. The molecule has 0 aliphatic carbocycles. The molecule has 2 nitrogen and oxygen atoms in total. The molecule has 3 heteroatoms. The largest absolute Gasteiger partial charge is 0.492 e. The van der Waals surface area contributed by atoms with E-state index < -0.39 is 0 Å². The number of likely N-dealkylation sites (N-methyl/N-ethyl adjacent to an activating group) is 1. The summed E-state index contributed by atoms with van der Waals surface area (Å²) in [5.74, 6) is 1.35. The van der Waals surface area contributed by atoms with Gasteiger partial charge in [-0.3, -0.25) is 0 Å². The zero-order valence-electron chi connectivity index (χ0n) is 12.1. The average Bonchev–Trinajstić information content (AvgIpc) is 3.05. The van der Waals surface area contributed by atoms with Gasteiger partial charge in [-0.1, -0.05) is 42.5 Å². The smallest absolute Gasteiger partial charge is 0.127 e. The van der Waals surface area contributed by atoms with Crippen molar-refractivity contribution in [2.24, 2.45) is 0 Å². The Morgan fingerprint density at radius 2 is 1.90 bits per heavy atom. The Kier molecular flexibility index (Phi) is 4.53. The third kappa shape index (κ3) is 3.26. The van der Waals surface area contributed by atoms with E-state index in [2.05, 4.69) is 59.2 Å². The molecule has 0 fully saturated rings. The molecule has 108 valence electrons. The maximum Gasteiger partial charge on any atom is 0.127 e. The first-order chi connectivity index (χ1) is 10.4. The van der Waals surface area contributed by atoms with Crippen LogP contribution in [0.5, 0.6) is 5.75 Å². The molecule has 21 heavy (non-hydrogen) atoms. The molecule has 0 aliphatic rings. The van der Waals surface area contributed by atoms with E-state index in [-0.39, 0.29) is 0 Å². The van der Waals surface area contributed by atoms with Gasteiger partial charge in [0, 0.05) is 22.7 Å². The van der Waals surface area contributed by atoms with Gasteiger partial charge >= 0.3 is 0 Å². The number of thiophene rings is 1. The molecule has 1 atom stereocenters. The van der Waals surface area contributed by atoms with E-state index in [0.717, 1.165) is 12.3 Å². The number of hydrogen-bond donors (Lipinski definition) is 1. The van der Waals surface area contributed by atoms with Crippen LogP contribution in [0.25, 0.3) is 10.8 Å². The highest BCUT2D eigenvalue weighted by molar-refractivity contribution is 7.10. The van der Waals surface area contributed by atoms with Crippen molar-refractivity contribution in [2.45, 2.75) is 5.92 Å². The fourth-order valence-corrected chi connectivity index (χ4v) is 3.34. The van der Waals surface area contributed by atoms with Crippen molar-refractivity contribution in [3.63, 3.8) is 0 Å². The normalized spacial score (nSPS) is 12.4. The summed E-state index contributed by atoms with van der Waals surface area (Å²) in [6.07, 6.45) is 0. The van der Waals surface area contributed by atoms with E-state index in [9.17, 15) is 0 Å². The molecule has 3 aromatic rings. The average molecular weight is 297 g/mol. The van der Waals surface area contributed by atoms with Crippen molar-refractivity contribution in [3.05, 3.63) is 64.9 Å². The maximum absolute atomic E-state index is 6.12. The Morgan fingerprint density at radius 1 is 1.05 bits per heavy atom. The molecule has 0 radical (unpaired) electrons. The van der Waals surface area contributed by atoms with Crippen LogP contribution in [0.2, 0.25) is 0 Å². The van der Waals surface area contributed by atoms with Crippen molar-refractivity contribution in [1.29, 1.82) is 0 Å². The summed E-state index contributed by atoms with van der Waals surface area (Å²) < 4.78 is 6.12. The number of ether oxygens (including phenoxy) is 1. The van der Waals surface area contributed by atoms with Gasteiger partial charge in [-0.2, -0.15) is 0 Å². The first-order valence-electron chi connectivity index (χ1n) is 7.17. The lowest BCUT2D eigenvalue weighted by molar-refractivity contribution is 0.290. The van der Waals surface area contributed by atoms with Crippen LogP contribution in [0.4, 0.5) is 0 Å². The van der Waals surface area contributed by atoms with Gasteiger partial charge in [0.15, 0.2) is 0 Å². The van der Waals surface area contributed by atoms with Crippen LogP contribution in [0, 0.1) is 0 Å². The summed E-state index contributed by atoms with van der Waals surface area (Å²) in [5, 5.41) is 7.77. The van der Waals surface area contributed by atoms with E-state index in [4.69, 9.17) is 4.74 Å². The Balaban J connectivity index is 1.78. The quantitative estimate of drug-likeness (QED) is 0.733.